The average molecular weight is 204 g/mol. The summed E-state index contributed by atoms with van der Waals surface area (Å²) in [4.78, 5) is 3.19. The Morgan fingerprint density at radius 1 is 1.70 bits per heavy atom. The lowest BCUT2D eigenvalue weighted by Gasteiger charge is -1.90. The molecule has 1 rings (SSSR count). The van der Waals surface area contributed by atoms with Crippen molar-refractivity contribution in [3.05, 3.63) is 16.6 Å². The van der Waals surface area contributed by atoms with Crippen LogP contribution in [-0.4, -0.2) is 4.98 Å². The van der Waals surface area contributed by atoms with E-state index in [1.54, 1.807) is 0 Å². The Balaban J connectivity index is 2.83. The Kier molecular flexibility index (Phi) is 2.49. The highest BCUT2D eigenvalue weighted by Gasteiger charge is 2.09. The second-order valence-electron chi connectivity index (χ2n) is 2.37. The first kappa shape index (κ1) is 7.79. The molecule has 1 heterocycles. The van der Waals surface area contributed by atoms with Gasteiger partial charge in [-0.1, -0.05) is 6.92 Å². The Labute approximate surface area is 69.4 Å². The average Bonchev–Trinajstić information content (AvgIpc) is 2.20. The quantitative estimate of drug-likeness (QED) is 0.705. The first-order valence-corrected chi connectivity index (χ1v) is 4.26. The molecule has 1 aromatic rings. The molecule has 1 N–H and O–H groups in total. The summed E-state index contributed by atoms with van der Waals surface area (Å²) in [6, 6.07) is 0. The van der Waals surface area contributed by atoms with Crippen LogP contribution in [0, 0.1) is 0 Å². The van der Waals surface area contributed by atoms with Crippen LogP contribution in [0.2, 0.25) is 0 Å². The molecule has 0 spiro atoms. The van der Waals surface area contributed by atoms with E-state index in [4.69, 9.17) is 0 Å². The summed E-state index contributed by atoms with van der Waals surface area (Å²) in [6.07, 6.45) is 4.26. The van der Waals surface area contributed by atoms with Gasteiger partial charge in [0, 0.05) is 22.4 Å². The Morgan fingerprint density at radius 2 is 2.40 bits per heavy atom. The number of halogens is 1. The number of nitrogens with zero attached hydrogens (tertiary/aromatic N) is 1. The molecule has 2 nitrogen and oxygen atoms in total. The molecular weight excluding hydrogens is 192 g/mol. The number of rotatable bonds is 2. The smallest absolute Gasteiger partial charge is 0.246 e. The number of aryl methyl sites for hydroxylation is 1. The molecule has 0 unspecified atom stereocenters. The summed E-state index contributed by atoms with van der Waals surface area (Å²) >= 11 is 3.42. The number of imidazole rings is 1. The summed E-state index contributed by atoms with van der Waals surface area (Å²) in [7, 11) is 2.05. The van der Waals surface area contributed by atoms with E-state index in [9.17, 15) is 0 Å². The van der Waals surface area contributed by atoms with E-state index in [0.717, 1.165) is 11.0 Å². The first-order valence-electron chi connectivity index (χ1n) is 3.47. The number of hydrogen-bond donors (Lipinski definition) is 1. The van der Waals surface area contributed by atoms with Crippen molar-refractivity contribution >= 4 is 15.9 Å². The van der Waals surface area contributed by atoms with Crippen molar-refractivity contribution in [2.75, 3.05) is 0 Å². The van der Waals surface area contributed by atoms with Crippen molar-refractivity contribution < 1.29 is 4.57 Å². The summed E-state index contributed by atoms with van der Waals surface area (Å²) in [5, 5.41) is 0. The lowest BCUT2D eigenvalue weighted by Crippen LogP contribution is -2.32. The van der Waals surface area contributed by atoms with E-state index < -0.39 is 0 Å². The van der Waals surface area contributed by atoms with Crippen molar-refractivity contribution in [2.24, 2.45) is 7.05 Å². The fourth-order valence-corrected chi connectivity index (χ4v) is 1.27. The molecule has 0 bridgehead atoms. The molecule has 0 aliphatic rings. The third-order valence-corrected chi connectivity index (χ3v) is 2.33. The van der Waals surface area contributed by atoms with Gasteiger partial charge in [-0.2, -0.15) is 0 Å². The molecule has 3 heteroatoms. The maximum atomic E-state index is 3.42. The molecule has 0 saturated heterocycles. The second-order valence-corrected chi connectivity index (χ2v) is 3.18. The number of aromatic amines is 1. The van der Waals surface area contributed by atoms with Crippen LogP contribution in [0.15, 0.2) is 10.8 Å². The SMILES string of the molecule is CCCc1[nH]cc(Br)[n+]1C. The normalized spacial score (nSPS) is 10.3. The van der Waals surface area contributed by atoms with Crippen LogP contribution < -0.4 is 4.57 Å². The van der Waals surface area contributed by atoms with Gasteiger partial charge in [0.05, 0.1) is 7.05 Å². The van der Waals surface area contributed by atoms with Crippen LogP contribution >= 0.6 is 15.9 Å². The molecule has 1 aromatic heterocycles. The molecule has 0 aliphatic carbocycles. The van der Waals surface area contributed by atoms with Crippen LogP contribution in [0.3, 0.4) is 0 Å². The van der Waals surface area contributed by atoms with Crippen molar-refractivity contribution in [3.63, 3.8) is 0 Å². The van der Waals surface area contributed by atoms with Crippen molar-refractivity contribution in [1.82, 2.24) is 4.98 Å². The molecule has 10 heavy (non-hydrogen) atoms. The summed E-state index contributed by atoms with van der Waals surface area (Å²) in [5.41, 5.74) is 0. The van der Waals surface area contributed by atoms with E-state index in [-0.39, 0.29) is 0 Å². The fraction of sp³-hybridized carbons (Fsp3) is 0.571. The molecule has 0 radical (unpaired) electrons. The monoisotopic (exact) mass is 203 g/mol. The number of aromatic nitrogens is 2. The second kappa shape index (κ2) is 3.19. The minimum Gasteiger partial charge on any atom is -0.246 e. The zero-order valence-corrected chi connectivity index (χ0v) is 7.90. The maximum absolute atomic E-state index is 3.42. The zero-order chi connectivity index (χ0) is 7.56. The molecule has 0 atom stereocenters. The zero-order valence-electron chi connectivity index (χ0n) is 6.32. The van der Waals surface area contributed by atoms with Crippen molar-refractivity contribution in [1.29, 1.82) is 0 Å². The summed E-state index contributed by atoms with van der Waals surface area (Å²) in [5.74, 6) is 1.27. The topological polar surface area (TPSA) is 19.7 Å². The van der Waals surface area contributed by atoms with E-state index in [1.165, 1.54) is 12.2 Å². The minimum absolute atomic E-state index is 1.11. The van der Waals surface area contributed by atoms with Gasteiger partial charge in [-0.05, 0) is 6.42 Å². The maximum Gasteiger partial charge on any atom is 0.254 e. The van der Waals surface area contributed by atoms with Crippen molar-refractivity contribution in [2.45, 2.75) is 19.8 Å². The van der Waals surface area contributed by atoms with Gasteiger partial charge in [-0.3, -0.25) is 0 Å². The van der Waals surface area contributed by atoms with Crippen LogP contribution in [0.1, 0.15) is 19.2 Å². The predicted molar refractivity (Wildman–Crippen MR) is 43.7 cm³/mol. The Bertz CT molecular complexity index is 217. The van der Waals surface area contributed by atoms with Gasteiger partial charge >= 0.3 is 0 Å². The summed E-state index contributed by atoms with van der Waals surface area (Å²) in [6.45, 7) is 2.18. The predicted octanol–water partition coefficient (Wildman–Crippen LogP) is 1.55. The molecule has 0 fully saturated rings. The molecule has 0 aromatic carbocycles. The number of H-pyrrole nitrogens is 1. The largest absolute Gasteiger partial charge is 0.254 e. The summed E-state index contributed by atoms with van der Waals surface area (Å²) < 4.78 is 3.22. The first-order chi connectivity index (χ1) is 4.75. The van der Waals surface area contributed by atoms with Crippen LogP contribution in [-0.2, 0) is 13.5 Å². The van der Waals surface area contributed by atoms with Crippen molar-refractivity contribution in [3.8, 4) is 0 Å². The van der Waals surface area contributed by atoms with Gasteiger partial charge in [-0.15, -0.1) is 0 Å². The van der Waals surface area contributed by atoms with E-state index >= 15 is 0 Å². The Hall–Kier alpha value is -0.310. The number of hydrogen-bond acceptors (Lipinski definition) is 0. The fourth-order valence-electron chi connectivity index (χ4n) is 0.942. The molecule has 56 valence electrons. The van der Waals surface area contributed by atoms with Gasteiger partial charge in [0.25, 0.3) is 5.82 Å². The van der Waals surface area contributed by atoms with Gasteiger partial charge in [0.1, 0.15) is 6.20 Å². The van der Waals surface area contributed by atoms with E-state index in [2.05, 4.69) is 32.4 Å². The molecule has 0 saturated carbocycles. The highest BCUT2D eigenvalue weighted by Crippen LogP contribution is 2.02. The molecule has 0 amide bonds. The third kappa shape index (κ3) is 1.40. The molecule has 0 aliphatic heterocycles. The lowest BCUT2D eigenvalue weighted by atomic mass is 10.3. The number of nitrogens with one attached hydrogen (secondary N) is 1. The third-order valence-electron chi connectivity index (χ3n) is 1.57. The van der Waals surface area contributed by atoms with Gasteiger partial charge in [0.2, 0.25) is 4.60 Å². The minimum atomic E-state index is 1.11. The van der Waals surface area contributed by atoms with Gasteiger partial charge in [0.15, 0.2) is 0 Å². The van der Waals surface area contributed by atoms with Crippen LogP contribution in [0.5, 0.6) is 0 Å². The Morgan fingerprint density at radius 3 is 2.80 bits per heavy atom. The van der Waals surface area contributed by atoms with E-state index in [1.807, 2.05) is 13.2 Å². The van der Waals surface area contributed by atoms with Gasteiger partial charge in [-0.25, -0.2) is 9.55 Å². The van der Waals surface area contributed by atoms with Gasteiger partial charge < -0.3 is 0 Å². The van der Waals surface area contributed by atoms with Crippen LogP contribution in [0.4, 0.5) is 0 Å². The highest BCUT2D eigenvalue weighted by atomic mass is 79.9. The van der Waals surface area contributed by atoms with Crippen LogP contribution in [0.25, 0.3) is 0 Å². The molecular formula is C7H12BrN2+. The van der Waals surface area contributed by atoms with E-state index in [0.29, 0.717) is 0 Å². The lowest BCUT2D eigenvalue weighted by molar-refractivity contribution is -0.688. The standard InChI is InChI=1S/C7H11BrN2/c1-3-4-7-9-5-6(8)10(7)2/h5H,3-4H2,1-2H3/p+1. The highest BCUT2D eigenvalue weighted by molar-refractivity contribution is 9.10.